The molecule has 1 rings (SSSR count). The SMILES string of the molecule is C=CCCC(O)CN1CC(C)(C)OC(C)(C)C1. The standard InChI is InChI=1S/C14H27NO2/c1-6-7-8-12(16)9-15-10-13(2,3)17-14(4,5)11-15/h6,12,16H,1,7-11H2,2-5H3. The quantitative estimate of drug-likeness (QED) is 0.749. The van der Waals surface area contributed by atoms with E-state index < -0.39 is 0 Å². The first-order valence-corrected chi connectivity index (χ1v) is 6.46. The molecule has 0 saturated carbocycles. The third kappa shape index (κ3) is 5.19. The lowest BCUT2D eigenvalue weighted by Crippen LogP contribution is -2.58. The van der Waals surface area contributed by atoms with Crippen LogP contribution in [-0.2, 0) is 4.74 Å². The average Bonchev–Trinajstić information content (AvgIpc) is 2.09. The van der Waals surface area contributed by atoms with Crippen molar-refractivity contribution < 1.29 is 9.84 Å². The van der Waals surface area contributed by atoms with Gasteiger partial charge < -0.3 is 9.84 Å². The predicted molar refractivity (Wildman–Crippen MR) is 71.1 cm³/mol. The van der Waals surface area contributed by atoms with E-state index in [1.807, 2.05) is 6.08 Å². The van der Waals surface area contributed by atoms with Crippen LogP contribution in [0.15, 0.2) is 12.7 Å². The molecule has 17 heavy (non-hydrogen) atoms. The number of nitrogens with zero attached hydrogens (tertiary/aromatic N) is 1. The highest BCUT2D eigenvalue weighted by Gasteiger charge is 2.38. The molecule has 1 aliphatic heterocycles. The Hall–Kier alpha value is -0.380. The van der Waals surface area contributed by atoms with Crippen LogP contribution in [-0.4, -0.2) is 46.9 Å². The topological polar surface area (TPSA) is 32.7 Å². The van der Waals surface area contributed by atoms with Crippen molar-refractivity contribution in [2.75, 3.05) is 19.6 Å². The summed E-state index contributed by atoms with van der Waals surface area (Å²) in [6.45, 7) is 14.6. The molecule has 0 bridgehead atoms. The first-order valence-electron chi connectivity index (χ1n) is 6.46. The molecule has 0 spiro atoms. The number of hydrogen-bond donors (Lipinski definition) is 1. The highest BCUT2D eigenvalue weighted by atomic mass is 16.5. The summed E-state index contributed by atoms with van der Waals surface area (Å²) in [5, 5.41) is 9.94. The molecule has 1 heterocycles. The molecule has 0 aromatic carbocycles. The number of aliphatic hydroxyl groups excluding tert-OH is 1. The highest BCUT2D eigenvalue weighted by Crippen LogP contribution is 2.28. The number of aliphatic hydroxyl groups is 1. The van der Waals surface area contributed by atoms with Gasteiger partial charge in [-0.1, -0.05) is 6.08 Å². The maximum absolute atomic E-state index is 9.94. The minimum Gasteiger partial charge on any atom is -0.392 e. The minimum atomic E-state index is -0.266. The van der Waals surface area contributed by atoms with Gasteiger partial charge in [-0.25, -0.2) is 0 Å². The first kappa shape index (κ1) is 14.7. The molecule has 1 N–H and O–H groups in total. The van der Waals surface area contributed by atoms with Gasteiger partial charge in [-0.2, -0.15) is 0 Å². The van der Waals surface area contributed by atoms with Crippen LogP contribution in [0.3, 0.4) is 0 Å². The zero-order chi connectivity index (χ0) is 13.1. The van der Waals surface area contributed by atoms with E-state index in [9.17, 15) is 5.11 Å². The maximum Gasteiger partial charge on any atom is 0.0760 e. The lowest BCUT2D eigenvalue weighted by Gasteiger charge is -2.47. The first-order chi connectivity index (χ1) is 7.74. The largest absolute Gasteiger partial charge is 0.392 e. The second-order valence-electron chi connectivity index (χ2n) is 6.31. The summed E-state index contributed by atoms with van der Waals surface area (Å²) >= 11 is 0. The van der Waals surface area contributed by atoms with E-state index in [0.29, 0.717) is 0 Å². The summed E-state index contributed by atoms with van der Waals surface area (Å²) in [5.41, 5.74) is -0.278. The summed E-state index contributed by atoms with van der Waals surface area (Å²) in [7, 11) is 0. The Labute approximate surface area is 105 Å². The number of β-amino-alcohol motifs (C(OH)–C–C–N with tert-alkyl or cyclic N) is 1. The number of rotatable bonds is 5. The van der Waals surface area contributed by atoms with Crippen LogP contribution in [0.1, 0.15) is 40.5 Å². The van der Waals surface area contributed by atoms with E-state index in [0.717, 1.165) is 32.5 Å². The Morgan fingerprint density at radius 2 is 1.82 bits per heavy atom. The molecule has 100 valence electrons. The molecule has 0 radical (unpaired) electrons. The molecule has 3 heteroatoms. The average molecular weight is 241 g/mol. The summed E-state index contributed by atoms with van der Waals surface area (Å²) in [5.74, 6) is 0. The lowest BCUT2D eigenvalue weighted by atomic mass is 9.98. The van der Waals surface area contributed by atoms with Crippen LogP contribution in [0.25, 0.3) is 0 Å². The van der Waals surface area contributed by atoms with Crippen molar-refractivity contribution in [2.24, 2.45) is 0 Å². The van der Waals surface area contributed by atoms with Crippen molar-refractivity contribution in [1.82, 2.24) is 4.90 Å². The van der Waals surface area contributed by atoms with Crippen LogP contribution in [0, 0.1) is 0 Å². The number of morpholine rings is 1. The Morgan fingerprint density at radius 1 is 1.29 bits per heavy atom. The van der Waals surface area contributed by atoms with Crippen LogP contribution in [0.5, 0.6) is 0 Å². The van der Waals surface area contributed by atoms with Gasteiger partial charge in [0.1, 0.15) is 0 Å². The number of allylic oxidation sites excluding steroid dienone is 1. The number of ether oxygens (including phenoxy) is 1. The summed E-state index contributed by atoms with van der Waals surface area (Å²) < 4.78 is 6.01. The van der Waals surface area contributed by atoms with E-state index in [-0.39, 0.29) is 17.3 Å². The summed E-state index contributed by atoms with van der Waals surface area (Å²) in [6.07, 6.45) is 3.26. The zero-order valence-electron chi connectivity index (χ0n) is 11.7. The third-order valence-corrected chi connectivity index (χ3v) is 2.93. The molecule has 1 saturated heterocycles. The van der Waals surface area contributed by atoms with Gasteiger partial charge in [-0.15, -0.1) is 6.58 Å². The molecule has 1 aliphatic rings. The lowest BCUT2D eigenvalue weighted by molar-refractivity contribution is -0.183. The molecule has 0 amide bonds. The van der Waals surface area contributed by atoms with Gasteiger partial charge in [0, 0.05) is 19.6 Å². The maximum atomic E-state index is 9.94. The molecule has 3 nitrogen and oxygen atoms in total. The fourth-order valence-corrected chi connectivity index (χ4v) is 2.77. The fourth-order valence-electron chi connectivity index (χ4n) is 2.77. The van der Waals surface area contributed by atoms with Crippen molar-refractivity contribution >= 4 is 0 Å². The third-order valence-electron chi connectivity index (χ3n) is 2.93. The number of hydrogen-bond acceptors (Lipinski definition) is 3. The van der Waals surface area contributed by atoms with Crippen LogP contribution < -0.4 is 0 Å². The summed E-state index contributed by atoms with van der Waals surface area (Å²) in [4.78, 5) is 2.30. The van der Waals surface area contributed by atoms with Crippen LogP contribution in [0.4, 0.5) is 0 Å². The zero-order valence-corrected chi connectivity index (χ0v) is 11.7. The van der Waals surface area contributed by atoms with Gasteiger partial charge in [-0.05, 0) is 40.5 Å². The van der Waals surface area contributed by atoms with Gasteiger partial charge in [0.15, 0.2) is 0 Å². The van der Waals surface area contributed by atoms with Crippen molar-refractivity contribution in [3.63, 3.8) is 0 Å². The summed E-state index contributed by atoms with van der Waals surface area (Å²) in [6, 6.07) is 0. The van der Waals surface area contributed by atoms with Crippen LogP contribution >= 0.6 is 0 Å². The van der Waals surface area contributed by atoms with Gasteiger partial charge in [0.05, 0.1) is 17.3 Å². The van der Waals surface area contributed by atoms with Gasteiger partial charge in [0.25, 0.3) is 0 Å². The highest BCUT2D eigenvalue weighted by molar-refractivity contribution is 4.89. The monoisotopic (exact) mass is 241 g/mol. The van der Waals surface area contributed by atoms with Gasteiger partial charge in [0.2, 0.25) is 0 Å². The van der Waals surface area contributed by atoms with Crippen LogP contribution in [0.2, 0.25) is 0 Å². The van der Waals surface area contributed by atoms with E-state index in [4.69, 9.17) is 4.74 Å². The molecule has 0 aliphatic carbocycles. The Balaban J connectivity index is 2.50. The predicted octanol–water partition coefficient (Wildman–Crippen LogP) is 2.20. The van der Waals surface area contributed by atoms with E-state index in [1.54, 1.807) is 0 Å². The van der Waals surface area contributed by atoms with Gasteiger partial charge >= 0.3 is 0 Å². The Bertz CT molecular complexity index is 245. The minimum absolute atomic E-state index is 0.139. The molecule has 0 aromatic heterocycles. The second-order valence-corrected chi connectivity index (χ2v) is 6.31. The van der Waals surface area contributed by atoms with Crippen molar-refractivity contribution in [1.29, 1.82) is 0 Å². The van der Waals surface area contributed by atoms with Crippen molar-refractivity contribution in [3.8, 4) is 0 Å². The van der Waals surface area contributed by atoms with E-state index in [1.165, 1.54) is 0 Å². The van der Waals surface area contributed by atoms with Crippen molar-refractivity contribution in [3.05, 3.63) is 12.7 Å². The molecule has 0 aromatic rings. The van der Waals surface area contributed by atoms with E-state index in [2.05, 4.69) is 39.2 Å². The Kier molecular flexibility index (Phi) is 4.76. The molecule has 1 atom stereocenters. The van der Waals surface area contributed by atoms with E-state index >= 15 is 0 Å². The fraction of sp³-hybridized carbons (Fsp3) is 0.857. The normalized spacial score (nSPS) is 25.5. The molecule has 1 fully saturated rings. The van der Waals surface area contributed by atoms with Crippen molar-refractivity contribution in [2.45, 2.75) is 57.8 Å². The molecular formula is C14H27NO2. The molecular weight excluding hydrogens is 214 g/mol. The smallest absolute Gasteiger partial charge is 0.0760 e. The van der Waals surface area contributed by atoms with Gasteiger partial charge in [-0.3, -0.25) is 4.90 Å². The molecule has 1 unspecified atom stereocenters. The second kappa shape index (κ2) is 5.51. The Morgan fingerprint density at radius 3 is 2.29 bits per heavy atom.